The van der Waals surface area contributed by atoms with Crippen molar-refractivity contribution in [3.05, 3.63) is 95.6 Å². The molecule has 3 rings (SSSR count). The minimum absolute atomic E-state index is 0.0334. The van der Waals surface area contributed by atoms with Gasteiger partial charge in [0.1, 0.15) is 18.1 Å². The summed E-state index contributed by atoms with van der Waals surface area (Å²) in [5.41, 5.74) is 6.87. The Hall–Kier alpha value is -3.91. The SMILES string of the molecule is CCCCCCOc1ccccc1C(=O)NC(=S)NNC(=O)c1ccc(OCc2ccccc2)cc1. The molecule has 0 unspecified atom stereocenters. The van der Waals surface area contributed by atoms with E-state index in [1.54, 1.807) is 42.5 Å². The van der Waals surface area contributed by atoms with Crippen LogP contribution in [0.25, 0.3) is 0 Å². The summed E-state index contributed by atoms with van der Waals surface area (Å²) in [6, 6.07) is 23.5. The minimum Gasteiger partial charge on any atom is -0.493 e. The number of hydrogen-bond donors (Lipinski definition) is 3. The highest BCUT2D eigenvalue weighted by Crippen LogP contribution is 2.18. The van der Waals surface area contributed by atoms with Gasteiger partial charge >= 0.3 is 0 Å². The van der Waals surface area contributed by atoms with Gasteiger partial charge in [0.05, 0.1) is 12.2 Å². The molecule has 3 N–H and O–H groups in total. The van der Waals surface area contributed by atoms with Crippen LogP contribution < -0.4 is 25.6 Å². The topological polar surface area (TPSA) is 88.7 Å². The Bertz CT molecular complexity index is 1140. The number of carbonyl (C=O) groups is 2. The highest BCUT2D eigenvalue weighted by molar-refractivity contribution is 7.80. The Morgan fingerprint density at radius 3 is 2.25 bits per heavy atom. The van der Waals surface area contributed by atoms with E-state index in [0.717, 1.165) is 31.2 Å². The number of para-hydroxylation sites is 1. The van der Waals surface area contributed by atoms with Gasteiger partial charge in [-0.25, -0.2) is 0 Å². The van der Waals surface area contributed by atoms with E-state index in [2.05, 4.69) is 23.1 Å². The first kappa shape index (κ1) is 26.7. The highest BCUT2D eigenvalue weighted by Gasteiger charge is 2.14. The first-order chi connectivity index (χ1) is 17.6. The van der Waals surface area contributed by atoms with Crippen LogP contribution in [0.15, 0.2) is 78.9 Å². The zero-order valence-corrected chi connectivity index (χ0v) is 21.1. The molecule has 7 nitrogen and oxygen atoms in total. The highest BCUT2D eigenvalue weighted by atomic mass is 32.1. The Kier molecular flexibility index (Phi) is 10.7. The van der Waals surface area contributed by atoms with Gasteiger partial charge in [0.15, 0.2) is 5.11 Å². The standard InChI is InChI=1S/C28H31N3O4S/c1-2-3-4-10-19-34-25-14-9-8-13-24(25)27(33)29-28(36)31-30-26(32)22-15-17-23(18-16-22)35-20-21-11-6-5-7-12-21/h5-9,11-18H,2-4,10,19-20H2,1H3,(H,30,32)(H2,29,31,33,36). The summed E-state index contributed by atoms with van der Waals surface area (Å²) < 4.78 is 11.5. The molecular formula is C28H31N3O4S. The van der Waals surface area contributed by atoms with E-state index in [0.29, 0.717) is 35.8 Å². The Balaban J connectivity index is 1.44. The molecule has 3 aromatic carbocycles. The second kappa shape index (κ2) is 14.5. The van der Waals surface area contributed by atoms with Crippen molar-refractivity contribution in [2.75, 3.05) is 6.61 Å². The average molecular weight is 506 g/mol. The number of benzene rings is 3. The molecule has 8 heteroatoms. The summed E-state index contributed by atoms with van der Waals surface area (Å²) in [4.78, 5) is 25.1. The van der Waals surface area contributed by atoms with Crippen LogP contribution in [0, 0.1) is 0 Å². The van der Waals surface area contributed by atoms with Crippen LogP contribution in [0.1, 0.15) is 58.9 Å². The van der Waals surface area contributed by atoms with Gasteiger partial charge in [-0.15, -0.1) is 0 Å². The van der Waals surface area contributed by atoms with Crippen molar-refractivity contribution in [2.24, 2.45) is 0 Å². The van der Waals surface area contributed by atoms with Crippen molar-refractivity contribution in [1.82, 2.24) is 16.2 Å². The molecule has 0 spiro atoms. The van der Waals surface area contributed by atoms with E-state index in [1.165, 1.54) is 0 Å². The van der Waals surface area contributed by atoms with Gasteiger partial charge in [0.25, 0.3) is 11.8 Å². The van der Waals surface area contributed by atoms with Gasteiger partial charge in [-0.05, 0) is 60.6 Å². The minimum atomic E-state index is -0.425. The van der Waals surface area contributed by atoms with Crippen LogP contribution in [0.2, 0.25) is 0 Å². The fraction of sp³-hybridized carbons (Fsp3) is 0.250. The number of ether oxygens (including phenoxy) is 2. The molecule has 0 aliphatic rings. The average Bonchev–Trinajstić information content (AvgIpc) is 2.91. The second-order valence-corrected chi connectivity index (χ2v) is 8.47. The fourth-order valence-corrected chi connectivity index (χ4v) is 3.47. The summed E-state index contributed by atoms with van der Waals surface area (Å²) in [5, 5.41) is 2.53. The van der Waals surface area contributed by atoms with Gasteiger partial charge in [-0.1, -0.05) is 68.7 Å². The monoisotopic (exact) mass is 505 g/mol. The van der Waals surface area contributed by atoms with Crippen LogP contribution in [-0.4, -0.2) is 23.5 Å². The second-order valence-electron chi connectivity index (χ2n) is 8.07. The summed E-state index contributed by atoms with van der Waals surface area (Å²) in [6.07, 6.45) is 4.32. The van der Waals surface area contributed by atoms with Crippen molar-refractivity contribution in [3.8, 4) is 11.5 Å². The van der Waals surface area contributed by atoms with E-state index in [4.69, 9.17) is 21.7 Å². The molecule has 3 aromatic rings. The smallest absolute Gasteiger partial charge is 0.269 e. The molecule has 0 bridgehead atoms. The van der Waals surface area contributed by atoms with Gasteiger partial charge in [-0.3, -0.25) is 25.8 Å². The van der Waals surface area contributed by atoms with E-state index in [1.807, 2.05) is 36.4 Å². The van der Waals surface area contributed by atoms with Crippen molar-refractivity contribution >= 4 is 29.1 Å². The third-order valence-electron chi connectivity index (χ3n) is 5.27. The molecule has 0 heterocycles. The first-order valence-corrected chi connectivity index (χ1v) is 12.4. The maximum Gasteiger partial charge on any atom is 0.269 e. The van der Waals surface area contributed by atoms with Crippen LogP contribution in [0.4, 0.5) is 0 Å². The maximum absolute atomic E-state index is 12.7. The van der Waals surface area contributed by atoms with Crippen molar-refractivity contribution in [3.63, 3.8) is 0 Å². The molecular weight excluding hydrogens is 474 g/mol. The lowest BCUT2D eigenvalue weighted by molar-refractivity contribution is 0.0933. The van der Waals surface area contributed by atoms with Gasteiger partial charge in [0.2, 0.25) is 0 Å². The quantitative estimate of drug-likeness (QED) is 0.189. The van der Waals surface area contributed by atoms with Crippen molar-refractivity contribution < 1.29 is 19.1 Å². The summed E-state index contributed by atoms with van der Waals surface area (Å²) in [5.74, 6) is 0.313. The number of hydrogen-bond acceptors (Lipinski definition) is 5. The van der Waals surface area contributed by atoms with Crippen LogP contribution in [0.5, 0.6) is 11.5 Å². The number of carbonyl (C=O) groups excluding carboxylic acids is 2. The zero-order chi connectivity index (χ0) is 25.6. The molecule has 0 saturated carbocycles. The van der Waals surface area contributed by atoms with Crippen molar-refractivity contribution in [2.45, 2.75) is 39.2 Å². The Morgan fingerprint density at radius 2 is 1.50 bits per heavy atom. The summed E-state index contributed by atoms with van der Waals surface area (Å²) in [6.45, 7) is 3.13. The van der Waals surface area contributed by atoms with Crippen molar-refractivity contribution in [1.29, 1.82) is 0 Å². The van der Waals surface area contributed by atoms with E-state index in [-0.39, 0.29) is 5.11 Å². The van der Waals surface area contributed by atoms with Crippen LogP contribution in [-0.2, 0) is 6.61 Å². The van der Waals surface area contributed by atoms with E-state index < -0.39 is 11.8 Å². The molecule has 36 heavy (non-hydrogen) atoms. The molecule has 0 atom stereocenters. The predicted molar refractivity (Wildman–Crippen MR) is 144 cm³/mol. The van der Waals surface area contributed by atoms with E-state index >= 15 is 0 Å². The summed E-state index contributed by atoms with van der Waals surface area (Å²) >= 11 is 5.16. The van der Waals surface area contributed by atoms with Crippen LogP contribution >= 0.6 is 12.2 Å². The van der Waals surface area contributed by atoms with Gasteiger partial charge in [0, 0.05) is 5.56 Å². The predicted octanol–water partition coefficient (Wildman–Crippen LogP) is 5.17. The third-order valence-corrected chi connectivity index (χ3v) is 5.47. The molecule has 2 amide bonds. The molecule has 0 saturated heterocycles. The lowest BCUT2D eigenvalue weighted by atomic mass is 10.2. The largest absolute Gasteiger partial charge is 0.493 e. The fourth-order valence-electron chi connectivity index (χ4n) is 3.32. The van der Waals surface area contributed by atoms with E-state index in [9.17, 15) is 9.59 Å². The number of amides is 2. The third kappa shape index (κ3) is 8.70. The number of hydrazine groups is 1. The van der Waals surface area contributed by atoms with Gasteiger partial charge in [-0.2, -0.15) is 0 Å². The first-order valence-electron chi connectivity index (χ1n) is 12.0. The zero-order valence-electron chi connectivity index (χ0n) is 20.3. The Morgan fingerprint density at radius 1 is 0.778 bits per heavy atom. The summed E-state index contributed by atoms with van der Waals surface area (Å²) in [7, 11) is 0. The number of rotatable bonds is 11. The molecule has 0 aromatic heterocycles. The molecule has 0 aliphatic heterocycles. The van der Waals surface area contributed by atoms with Gasteiger partial charge < -0.3 is 9.47 Å². The normalized spacial score (nSPS) is 10.2. The Labute approximate surface area is 217 Å². The molecule has 0 fully saturated rings. The number of thiocarbonyl (C=S) groups is 1. The number of unbranched alkanes of at least 4 members (excludes halogenated alkanes) is 3. The molecule has 0 radical (unpaired) electrons. The number of nitrogens with one attached hydrogen (secondary N) is 3. The molecule has 188 valence electrons. The molecule has 0 aliphatic carbocycles. The lowest BCUT2D eigenvalue weighted by Crippen LogP contribution is -2.48. The maximum atomic E-state index is 12.7. The van der Waals surface area contributed by atoms with Crippen LogP contribution in [0.3, 0.4) is 0 Å². The lowest BCUT2D eigenvalue weighted by Gasteiger charge is -2.13.